The van der Waals surface area contributed by atoms with E-state index in [0.29, 0.717) is 12.2 Å². The number of carboxylic acids is 1. The Labute approximate surface area is 146 Å². The van der Waals surface area contributed by atoms with Crippen LogP contribution < -0.4 is 5.32 Å². The van der Waals surface area contributed by atoms with Gasteiger partial charge in [-0.3, -0.25) is 14.4 Å². The van der Waals surface area contributed by atoms with Gasteiger partial charge in [-0.15, -0.1) is 11.8 Å². The molecule has 0 fully saturated rings. The fourth-order valence-electron chi connectivity index (χ4n) is 2.17. The molecule has 0 saturated heterocycles. The van der Waals surface area contributed by atoms with Gasteiger partial charge in [0.05, 0.1) is 5.25 Å². The lowest BCUT2D eigenvalue weighted by Gasteiger charge is -2.25. The van der Waals surface area contributed by atoms with Gasteiger partial charge in [0.15, 0.2) is 0 Å². The van der Waals surface area contributed by atoms with Crippen LogP contribution in [0, 0.1) is 5.92 Å². The first-order chi connectivity index (χ1) is 11.2. The van der Waals surface area contributed by atoms with Crippen LogP contribution in [0.5, 0.6) is 0 Å². The van der Waals surface area contributed by atoms with Crippen LogP contribution in [0.3, 0.4) is 0 Å². The average molecular weight is 352 g/mol. The molecular weight excluding hydrogens is 328 g/mol. The molecule has 0 radical (unpaired) electrons. The van der Waals surface area contributed by atoms with Gasteiger partial charge in [0.1, 0.15) is 6.54 Å². The second-order valence-electron chi connectivity index (χ2n) is 5.97. The number of nitrogens with zero attached hydrogens (tertiary/aromatic N) is 1. The standard InChI is InChI=1S/C17H24N2O4S/c1-11(2)9-19(10-16(21)22)17(23)12(3)24-15-7-5-14(6-8-15)18-13(4)20/h5-8,11-12H,9-10H2,1-4H3,(H,18,20)(H,21,22). The van der Waals surface area contributed by atoms with Crippen LogP contribution >= 0.6 is 11.8 Å². The number of nitrogens with one attached hydrogen (secondary N) is 1. The van der Waals surface area contributed by atoms with Crippen molar-refractivity contribution < 1.29 is 19.5 Å². The molecule has 1 aromatic carbocycles. The van der Waals surface area contributed by atoms with Gasteiger partial charge in [0.2, 0.25) is 11.8 Å². The fourth-order valence-corrected chi connectivity index (χ4v) is 3.12. The number of thioether (sulfide) groups is 1. The van der Waals surface area contributed by atoms with Crippen molar-refractivity contribution in [3.8, 4) is 0 Å². The predicted octanol–water partition coefficient (Wildman–Crippen LogP) is 2.69. The molecule has 7 heteroatoms. The quantitative estimate of drug-likeness (QED) is 0.703. The highest BCUT2D eigenvalue weighted by Gasteiger charge is 2.24. The van der Waals surface area contributed by atoms with Gasteiger partial charge < -0.3 is 15.3 Å². The number of anilines is 1. The Kier molecular flexibility index (Phi) is 7.78. The van der Waals surface area contributed by atoms with Crippen molar-refractivity contribution in [2.24, 2.45) is 5.92 Å². The Balaban J connectivity index is 2.72. The smallest absolute Gasteiger partial charge is 0.323 e. The van der Waals surface area contributed by atoms with Gasteiger partial charge in [-0.25, -0.2) is 0 Å². The van der Waals surface area contributed by atoms with E-state index in [1.54, 1.807) is 19.1 Å². The summed E-state index contributed by atoms with van der Waals surface area (Å²) in [4.78, 5) is 36.7. The maximum absolute atomic E-state index is 12.5. The number of hydrogen-bond acceptors (Lipinski definition) is 4. The predicted molar refractivity (Wildman–Crippen MR) is 95.1 cm³/mol. The number of carbonyl (C=O) groups excluding carboxylic acids is 2. The monoisotopic (exact) mass is 352 g/mol. The first-order valence-electron chi connectivity index (χ1n) is 7.74. The number of rotatable bonds is 8. The van der Waals surface area contributed by atoms with Crippen molar-refractivity contribution >= 4 is 35.2 Å². The molecule has 1 atom stereocenters. The summed E-state index contributed by atoms with van der Waals surface area (Å²) in [5.74, 6) is -1.15. The summed E-state index contributed by atoms with van der Waals surface area (Å²) in [5, 5.41) is 11.3. The van der Waals surface area contributed by atoms with E-state index in [4.69, 9.17) is 5.11 Å². The minimum Gasteiger partial charge on any atom is -0.480 e. The molecule has 24 heavy (non-hydrogen) atoms. The Morgan fingerprint density at radius 3 is 2.21 bits per heavy atom. The van der Waals surface area contributed by atoms with Crippen molar-refractivity contribution in [3.63, 3.8) is 0 Å². The van der Waals surface area contributed by atoms with Gasteiger partial charge in [-0.2, -0.15) is 0 Å². The molecule has 0 aliphatic heterocycles. The fraction of sp³-hybridized carbons (Fsp3) is 0.471. The largest absolute Gasteiger partial charge is 0.480 e. The summed E-state index contributed by atoms with van der Waals surface area (Å²) in [6.07, 6.45) is 0. The van der Waals surface area contributed by atoms with Crippen molar-refractivity contribution in [1.29, 1.82) is 0 Å². The second kappa shape index (κ2) is 9.32. The van der Waals surface area contributed by atoms with Crippen molar-refractivity contribution in [2.75, 3.05) is 18.4 Å². The molecule has 1 aromatic rings. The summed E-state index contributed by atoms with van der Waals surface area (Å²) in [6, 6.07) is 7.18. The van der Waals surface area contributed by atoms with Crippen molar-refractivity contribution in [3.05, 3.63) is 24.3 Å². The summed E-state index contributed by atoms with van der Waals surface area (Å²) in [7, 11) is 0. The van der Waals surface area contributed by atoms with Crippen molar-refractivity contribution in [2.45, 2.75) is 37.8 Å². The summed E-state index contributed by atoms with van der Waals surface area (Å²) >= 11 is 1.36. The van der Waals surface area contributed by atoms with Gasteiger partial charge in [0, 0.05) is 24.1 Å². The summed E-state index contributed by atoms with van der Waals surface area (Å²) in [5.41, 5.74) is 0.693. The van der Waals surface area contributed by atoms with Crippen LogP contribution in [0.4, 0.5) is 5.69 Å². The zero-order chi connectivity index (χ0) is 18.3. The van der Waals surface area contributed by atoms with Gasteiger partial charge in [-0.1, -0.05) is 13.8 Å². The first kappa shape index (κ1) is 20.0. The minimum absolute atomic E-state index is 0.142. The van der Waals surface area contributed by atoms with Crippen LogP contribution in [0.1, 0.15) is 27.7 Å². The van der Waals surface area contributed by atoms with Crippen LogP contribution in [0.15, 0.2) is 29.2 Å². The number of aliphatic carboxylic acids is 1. The number of hydrogen-bond donors (Lipinski definition) is 2. The molecule has 0 saturated carbocycles. The number of amides is 2. The zero-order valence-electron chi connectivity index (χ0n) is 14.4. The molecule has 0 aromatic heterocycles. The molecule has 0 aliphatic carbocycles. The maximum atomic E-state index is 12.5. The highest BCUT2D eigenvalue weighted by molar-refractivity contribution is 8.00. The second-order valence-corrected chi connectivity index (χ2v) is 7.39. The van der Waals surface area contributed by atoms with Crippen LogP contribution in [0.25, 0.3) is 0 Å². The molecule has 0 aliphatic rings. The Hall–Kier alpha value is -2.02. The molecule has 132 valence electrons. The van der Waals surface area contributed by atoms with Crippen molar-refractivity contribution in [1.82, 2.24) is 4.90 Å². The average Bonchev–Trinajstić information content (AvgIpc) is 2.46. The van der Waals surface area contributed by atoms with E-state index in [1.807, 2.05) is 26.0 Å². The van der Waals surface area contributed by atoms with Gasteiger partial charge >= 0.3 is 5.97 Å². The first-order valence-corrected chi connectivity index (χ1v) is 8.62. The third kappa shape index (κ3) is 7.04. The third-order valence-electron chi connectivity index (χ3n) is 3.06. The molecule has 1 unspecified atom stereocenters. The highest BCUT2D eigenvalue weighted by atomic mass is 32.2. The summed E-state index contributed by atoms with van der Waals surface area (Å²) in [6.45, 7) is 7.22. The lowest BCUT2D eigenvalue weighted by atomic mass is 10.2. The van der Waals surface area contributed by atoms with E-state index < -0.39 is 11.2 Å². The maximum Gasteiger partial charge on any atom is 0.323 e. The number of carbonyl (C=O) groups is 3. The Morgan fingerprint density at radius 1 is 1.17 bits per heavy atom. The lowest BCUT2D eigenvalue weighted by molar-refractivity contribution is -0.144. The van der Waals surface area contributed by atoms with Gasteiger partial charge in [-0.05, 0) is 37.1 Å². The zero-order valence-corrected chi connectivity index (χ0v) is 15.2. The molecule has 2 amide bonds. The topological polar surface area (TPSA) is 86.7 Å². The van der Waals surface area contributed by atoms with E-state index in [0.717, 1.165) is 4.90 Å². The van der Waals surface area contributed by atoms with Gasteiger partial charge in [0.25, 0.3) is 0 Å². The Bertz CT molecular complexity index is 587. The third-order valence-corrected chi connectivity index (χ3v) is 4.16. The number of carboxylic acid groups (broad SMARTS) is 1. The van der Waals surface area contributed by atoms with E-state index in [9.17, 15) is 14.4 Å². The highest BCUT2D eigenvalue weighted by Crippen LogP contribution is 2.26. The lowest BCUT2D eigenvalue weighted by Crippen LogP contribution is -2.42. The van der Waals surface area contributed by atoms with Crippen LogP contribution in [-0.4, -0.2) is 46.1 Å². The van der Waals surface area contributed by atoms with Crippen LogP contribution in [0.2, 0.25) is 0 Å². The molecule has 1 rings (SSSR count). The number of benzene rings is 1. The Morgan fingerprint density at radius 2 is 1.75 bits per heavy atom. The molecule has 0 heterocycles. The van der Waals surface area contributed by atoms with E-state index >= 15 is 0 Å². The molecule has 0 bridgehead atoms. The summed E-state index contributed by atoms with van der Waals surface area (Å²) < 4.78 is 0. The van der Waals surface area contributed by atoms with Crippen LogP contribution in [-0.2, 0) is 14.4 Å². The van der Waals surface area contributed by atoms with E-state index in [2.05, 4.69) is 5.32 Å². The molecule has 2 N–H and O–H groups in total. The normalized spacial score (nSPS) is 11.9. The van der Waals surface area contributed by atoms with E-state index in [1.165, 1.54) is 23.6 Å². The van der Waals surface area contributed by atoms with E-state index in [-0.39, 0.29) is 24.3 Å². The molecular formula is C17H24N2O4S. The molecule has 6 nitrogen and oxygen atoms in total. The minimum atomic E-state index is -1.01. The molecule has 0 spiro atoms. The SMILES string of the molecule is CC(=O)Nc1ccc(SC(C)C(=O)N(CC(=O)O)CC(C)C)cc1.